The maximum Gasteiger partial charge on any atom is 0.271 e. The Hall–Kier alpha value is -2.28. The third kappa shape index (κ3) is 3.14. The first-order chi connectivity index (χ1) is 10.6. The molecule has 0 bridgehead atoms. The molecule has 2 heterocycles. The molecule has 7 nitrogen and oxygen atoms in total. The number of nitrogens with one attached hydrogen (secondary N) is 1. The standard InChI is InChI=1S/C15H18N4O3/c1-10-15(22-9-11-4-6-16-7-5-11)18-13-3-2-12(19(20)21)8-14(13)17-10/h2-3,8,11,16H,4-7,9H2,1H3. The number of hydrogen-bond donors (Lipinski definition) is 1. The van der Waals surface area contributed by atoms with Gasteiger partial charge in [-0.25, -0.2) is 9.97 Å². The molecule has 22 heavy (non-hydrogen) atoms. The van der Waals surface area contributed by atoms with E-state index in [9.17, 15) is 10.1 Å². The van der Waals surface area contributed by atoms with Gasteiger partial charge < -0.3 is 10.1 Å². The molecule has 1 fully saturated rings. The molecular formula is C15H18N4O3. The lowest BCUT2D eigenvalue weighted by molar-refractivity contribution is -0.384. The minimum absolute atomic E-state index is 0.0181. The molecule has 116 valence electrons. The Morgan fingerprint density at radius 2 is 2.09 bits per heavy atom. The number of fused-ring (bicyclic) bond motifs is 1. The number of aryl methyl sites for hydroxylation is 1. The SMILES string of the molecule is Cc1nc2cc([N+](=O)[O-])ccc2nc1OCC1CCNCC1. The van der Waals surface area contributed by atoms with E-state index < -0.39 is 4.92 Å². The van der Waals surface area contributed by atoms with Gasteiger partial charge in [-0.2, -0.15) is 0 Å². The fourth-order valence-electron chi connectivity index (χ4n) is 2.61. The van der Waals surface area contributed by atoms with Crippen LogP contribution in [0.25, 0.3) is 11.0 Å². The molecule has 1 aromatic carbocycles. The molecule has 0 radical (unpaired) electrons. The van der Waals surface area contributed by atoms with Crippen molar-refractivity contribution in [2.75, 3.05) is 19.7 Å². The van der Waals surface area contributed by atoms with Crippen LogP contribution in [0.3, 0.4) is 0 Å². The Morgan fingerprint density at radius 1 is 1.32 bits per heavy atom. The van der Waals surface area contributed by atoms with Crippen LogP contribution in [-0.2, 0) is 0 Å². The number of nitro groups is 1. The summed E-state index contributed by atoms with van der Waals surface area (Å²) >= 11 is 0. The van der Waals surface area contributed by atoms with Gasteiger partial charge in [0, 0.05) is 12.1 Å². The van der Waals surface area contributed by atoms with Crippen LogP contribution >= 0.6 is 0 Å². The fourth-order valence-corrected chi connectivity index (χ4v) is 2.61. The smallest absolute Gasteiger partial charge is 0.271 e. The lowest BCUT2D eigenvalue weighted by atomic mass is 9.99. The summed E-state index contributed by atoms with van der Waals surface area (Å²) < 4.78 is 5.83. The number of nitro benzene ring substituents is 1. The molecule has 2 aromatic rings. The molecule has 0 aliphatic carbocycles. The van der Waals surface area contributed by atoms with Gasteiger partial charge in [-0.05, 0) is 44.8 Å². The number of benzene rings is 1. The van der Waals surface area contributed by atoms with E-state index in [0.29, 0.717) is 35.1 Å². The van der Waals surface area contributed by atoms with Crippen LogP contribution in [0, 0.1) is 23.0 Å². The molecule has 7 heteroatoms. The van der Waals surface area contributed by atoms with Gasteiger partial charge in [-0.1, -0.05) is 0 Å². The lowest BCUT2D eigenvalue weighted by Gasteiger charge is -2.22. The Morgan fingerprint density at radius 3 is 2.82 bits per heavy atom. The first-order valence-corrected chi connectivity index (χ1v) is 7.40. The number of ether oxygens (including phenoxy) is 1. The van der Waals surface area contributed by atoms with Gasteiger partial charge in [0.05, 0.1) is 22.6 Å². The van der Waals surface area contributed by atoms with E-state index in [4.69, 9.17) is 4.74 Å². The van der Waals surface area contributed by atoms with Crippen LogP contribution in [0.2, 0.25) is 0 Å². The number of hydrogen-bond acceptors (Lipinski definition) is 6. The van der Waals surface area contributed by atoms with Crippen LogP contribution in [-0.4, -0.2) is 34.6 Å². The Balaban J connectivity index is 1.79. The summed E-state index contributed by atoms with van der Waals surface area (Å²) in [4.78, 5) is 19.2. The van der Waals surface area contributed by atoms with Gasteiger partial charge in [0.15, 0.2) is 0 Å². The third-order valence-corrected chi connectivity index (χ3v) is 3.90. The Bertz CT molecular complexity index is 698. The first kappa shape index (κ1) is 14.6. The van der Waals surface area contributed by atoms with Gasteiger partial charge in [0.25, 0.3) is 5.69 Å². The van der Waals surface area contributed by atoms with Crippen LogP contribution < -0.4 is 10.1 Å². The van der Waals surface area contributed by atoms with Crippen molar-refractivity contribution in [1.29, 1.82) is 0 Å². The number of piperidine rings is 1. The van der Waals surface area contributed by atoms with Crippen LogP contribution in [0.1, 0.15) is 18.5 Å². The van der Waals surface area contributed by atoms with E-state index in [-0.39, 0.29) is 5.69 Å². The van der Waals surface area contributed by atoms with Gasteiger partial charge >= 0.3 is 0 Å². The largest absolute Gasteiger partial charge is 0.476 e. The normalized spacial score (nSPS) is 15.9. The summed E-state index contributed by atoms with van der Waals surface area (Å²) in [6.45, 7) is 4.50. The van der Waals surface area contributed by atoms with E-state index in [1.807, 2.05) is 6.92 Å². The molecule has 0 atom stereocenters. The number of aromatic nitrogens is 2. The van der Waals surface area contributed by atoms with Crippen LogP contribution in [0.4, 0.5) is 5.69 Å². The Kier molecular flexibility index (Phi) is 4.15. The third-order valence-electron chi connectivity index (χ3n) is 3.90. The summed E-state index contributed by atoms with van der Waals surface area (Å²) in [5.41, 5.74) is 1.80. The van der Waals surface area contributed by atoms with Gasteiger partial charge in [-0.3, -0.25) is 10.1 Å². The summed E-state index contributed by atoms with van der Waals surface area (Å²) in [6.07, 6.45) is 2.21. The van der Waals surface area contributed by atoms with E-state index in [1.165, 1.54) is 12.1 Å². The van der Waals surface area contributed by atoms with E-state index in [0.717, 1.165) is 25.9 Å². The summed E-state index contributed by atoms with van der Waals surface area (Å²) in [6, 6.07) is 4.48. The second kappa shape index (κ2) is 6.23. The van der Waals surface area contributed by atoms with Crippen molar-refractivity contribution in [3.8, 4) is 5.88 Å². The summed E-state index contributed by atoms with van der Waals surface area (Å²) in [5.74, 6) is 1.05. The molecule has 1 saturated heterocycles. The Labute approximate surface area is 127 Å². The average Bonchev–Trinajstić information content (AvgIpc) is 2.53. The highest BCUT2D eigenvalue weighted by atomic mass is 16.6. The predicted molar refractivity (Wildman–Crippen MR) is 82.0 cm³/mol. The first-order valence-electron chi connectivity index (χ1n) is 7.40. The number of nitrogens with zero attached hydrogens (tertiary/aromatic N) is 3. The van der Waals surface area contributed by atoms with Crippen molar-refractivity contribution in [1.82, 2.24) is 15.3 Å². The zero-order valence-corrected chi connectivity index (χ0v) is 12.4. The molecule has 1 N–H and O–H groups in total. The molecule has 0 spiro atoms. The molecule has 3 rings (SSSR count). The minimum atomic E-state index is -0.433. The molecular weight excluding hydrogens is 284 g/mol. The topological polar surface area (TPSA) is 90.2 Å². The molecule has 1 aliphatic rings. The molecule has 1 aromatic heterocycles. The summed E-state index contributed by atoms with van der Waals surface area (Å²) in [5, 5.41) is 14.1. The quantitative estimate of drug-likeness (QED) is 0.688. The van der Waals surface area contributed by atoms with Crippen LogP contribution in [0.5, 0.6) is 5.88 Å². The minimum Gasteiger partial charge on any atom is -0.476 e. The maximum absolute atomic E-state index is 10.8. The molecule has 0 saturated carbocycles. The van der Waals surface area contributed by atoms with E-state index in [1.54, 1.807) is 6.07 Å². The highest BCUT2D eigenvalue weighted by Gasteiger charge is 2.16. The van der Waals surface area contributed by atoms with Crippen LogP contribution in [0.15, 0.2) is 18.2 Å². The predicted octanol–water partition coefficient (Wildman–Crippen LogP) is 2.22. The molecule has 0 unspecified atom stereocenters. The van der Waals surface area contributed by atoms with Crippen molar-refractivity contribution in [3.05, 3.63) is 34.0 Å². The highest BCUT2D eigenvalue weighted by Crippen LogP contribution is 2.23. The molecule has 0 amide bonds. The zero-order valence-electron chi connectivity index (χ0n) is 12.4. The zero-order chi connectivity index (χ0) is 15.5. The second-order valence-corrected chi connectivity index (χ2v) is 5.55. The van der Waals surface area contributed by atoms with Crippen molar-refractivity contribution in [2.45, 2.75) is 19.8 Å². The highest BCUT2D eigenvalue weighted by molar-refractivity contribution is 5.77. The van der Waals surface area contributed by atoms with Crippen molar-refractivity contribution in [2.24, 2.45) is 5.92 Å². The van der Waals surface area contributed by atoms with Gasteiger partial charge in [0.1, 0.15) is 5.69 Å². The number of non-ortho nitro benzene ring substituents is 1. The lowest BCUT2D eigenvalue weighted by Crippen LogP contribution is -2.30. The maximum atomic E-state index is 10.8. The monoisotopic (exact) mass is 302 g/mol. The van der Waals surface area contributed by atoms with Crippen molar-refractivity contribution < 1.29 is 9.66 Å². The molecule has 1 aliphatic heterocycles. The van der Waals surface area contributed by atoms with Crippen molar-refractivity contribution in [3.63, 3.8) is 0 Å². The number of rotatable bonds is 4. The second-order valence-electron chi connectivity index (χ2n) is 5.55. The van der Waals surface area contributed by atoms with Crippen molar-refractivity contribution >= 4 is 16.7 Å². The van der Waals surface area contributed by atoms with E-state index in [2.05, 4.69) is 15.3 Å². The average molecular weight is 302 g/mol. The fraction of sp³-hybridized carbons (Fsp3) is 0.467. The van der Waals surface area contributed by atoms with E-state index >= 15 is 0 Å². The summed E-state index contributed by atoms with van der Waals surface area (Å²) in [7, 11) is 0. The van der Waals surface area contributed by atoms with Gasteiger partial charge in [0.2, 0.25) is 5.88 Å². The van der Waals surface area contributed by atoms with Gasteiger partial charge in [-0.15, -0.1) is 0 Å².